The molecule has 66 valence electrons. The Morgan fingerprint density at radius 3 is 1.83 bits per heavy atom. The molecule has 0 aliphatic heterocycles. The van der Waals surface area contributed by atoms with Gasteiger partial charge in [-0.1, -0.05) is 0 Å². The van der Waals surface area contributed by atoms with Crippen molar-refractivity contribution in [1.82, 2.24) is 0 Å². The molecule has 5 heteroatoms. The second-order valence-corrected chi connectivity index (χ2v) is 5.47. The van der Waals surface area contributed by atoms with Gasteiger partial charge in [0.25, 0.3) is 0 Å². The van der Waals surface area contributed by atoms with Gasteiger partial charge < -0.3 is 5.73 Å². The van der Waals surface area contributed by atoms with Crippen LogP contribution in [0.2, 0.25) is 0 Å². The van der Waals surface area contributed by atoms with Crippen LogP contribution < -0.4 is 5.73 Å². The van der Waals surface area contributed by atoms with Crippen molar-refractivity contribution in [3.8, 4) is 0 Å². The number of nitrogens with two attached hydrogens (primary N) is 1. The summed E-state index contributed by atoms with van der Waals surface area (Å²) in [7, 11) is 0. The summed E-state index contributed by atoms with van der Waals surface area (Å²) in [5.74, 6) is 0. The lowest BCUT2D eigenvalue weighted by atomic mass is 10.2. The molecule has 0 fully saturated rings. The number of halogens is 4. The van der Waals surface area contributed by atoms with Crippen molar-refractivity contribution in [3.05, 3.63) is 23.5 Å². The van der Waals surface area contributed by atoms with E-state index in [1.54, 1.807) is 0 Å². The summed E-state index contributed by atoms with van der Waals surface area (Å²) < 4.78 is 3.74. The molecule has 0 aliphatic rings. The number of nitrogen functional groups attached to an aromatic ring is 1. The average molecular weight is 423 g/mol. The minimum absolute atomic E-state index is 0.711. The van der Waals surface area contributed by atoms with E-state index < -0.39 is 0 Å². The van der Waals surface area contributed by atoms with Crippen LogP contribution in [0, 0.1) is 6.92 Å². The minimum atomic E-state index is 0.711. The minimum Gasteiger partial charge on any atom is -0.397 e. The Bertz CT molecular complexity index is 230. The van der Waals surface area contributed by atoms with E-state index in [1.165, 1.54) is 0 Å². The van der Waals surface area contributed by atoms with Crippen LogP contribution in [0.5, 0.6) is 0 Å². The molecule has 0 spiro atoms. The predicted molar refractivity (Wildman–Crippen MR) is 66.4 cm³/mol. The first kappa shape index (κ1) is 11.0. The van der Waals surface area contributed by atoms with Crippen molar-refractivity contribution in [2.75, 3.05) is 5.73 Å². The third-order valence-electron chi connectivity index (χ3n) is 1.52. The van der Waals surface area contributed by atoms with Gasteiger partial charge in [0.15, 0.2) is 0 Å². The van der Waals surface area contributed by atoms with Gasteiger partial charge in [0.2, 0.25) is 0 Å². The van der Waals surface area contributed by atoms with E-state index in [-0.39, 0.29) is 0 Å². The van der Waals surface area contributed by atoms with Crippen LogP contribution in [0.25, 0.3) is 0 Å². The topological polar surface area (TPSA) is 26.0 Å². The molecule has 0 aliphatic carbocycles. The number of hydrogen-bond donors (Lipinski definition) is 1. The van der Waals surface area contributed by atoms with Crippen LogP contribution in [0.3, 0.4) is 0 Å². The maximum atomic E-state index is 5.81. The molecule has 1 aromatic rings. The second-order valence-electron chi connectivity index (χ2n) is 2.29. The van der Waals surface area contributed by atoms with Crippen molar-refractivity contribution >= 4 is 69.4 Å². The highest BCUT2D eigenvalue weighted by Crippen LogP contribution is 2.42. The number of benzene rings is 1. The number of rotatable bonds is 0. The van der Waals surface area contributed by atoms with E-state index in [0.29, 0.717) is 5.69 Å². The predicted octanol–water partition coefficient (Wildman–Crippen LogP) is 4.63. The van der Waals surface area contributed by atoms with Gasteiger partial charge in [-0.15, -0.1) is 0 Å². The van der Waals surface area contributed by atoms with Crippen LogP contribution in [-0.4, -0.2) is 0 Å². The molecule has 1 aromatic carbocycles. The monoisotopic (exact) mass is 419 g/mol. The lowest BCUT2D eigenvalue weighted by molar-refractivity contribution is 1.36. The molecule has 0 amide bonds. The van der Waals surface area contributed by atoms with Crippen molar-refractivity contribution in [2.45, 2.75) is 6.92 Å². The van der Waals surface area contributed by atoms with Crippen molar-refractivity contribution in [1.29, 1.82) is 0 Å². The van der Waals surface area contributed by atoms with E-state index >= 15 is 0 Å². The molecule has 0 bridgehead atoms. The summed E-state index contributed by atoms with van der Waals surface area (Å²) in [5.41, 5.74) is 7.60. The molecule has 0 radical (unpaired) electrons. The van der Waals surface area contributed by atoms with Gasteiger partial charge in [-0.05, 0) is 76.2 Å². The fraction of sp³-hybridized carbons (Fsp3) is 0.143. The maximum absolute atomic E-state index is 5.81. The molecule has 1 rings (SSSR count). The van der Waals surface area contributed by atoms with E-state index in [9.17, 15) is 0 Å². The molecule has 0 saturated carbocycles. The van der Waals surface area contributed by atoms with Crippen LogP contribution in [0.15, 0.2) is 17.9 Å². The Hall–Kier alpha value is 0.940. The van der Waals surface area contributed by atoms with Gasteiger partial charge in [-0.2, -0.15) is 0 Å². The smallest absolute Gasteiger partial charge is 0.0618 e. The van der Waals surface area contributed by atoms with Crippen molar-refractivity contribution < 1.29 is 0 Å². The largest absolute Gasteiger partial charge is 0.397 e. The zero-order chi connectivity index (χ0) is 9.46. The first-order valence-electron chi connectivity index (χ1n) is 3.04. The Morgan fingerprint density at radius 1 is 0.833 bits per heavy atom. The molecule has 1 nitrogen and oxygen atoms in total. The summed E-state index contributed by atoms with van der Waals surface area (Å²) in [5, 5.41) is 0. The zero-order valence-electron chi connectivity index (χ0n) is 6.09. The second kappa shape index (κ2) is 3.98. The van der Waals surface area contributed by atoms with Crippen LogP contribution in [0.1, 0.15) is 5.56 Å². The Morgan fingerprint density at radius 2 is 1.33 bits per heavy atom. The summed E-state index contributed by atoms with van der Waals surface area (Å²) in [6.07, 6.45) is 0. The first-order valence-corrected chi connectivity index (χ1v) is 6.22. The van der Waals surface area contributed by atoms with E-state index in [1.807, 2.05) is 6.92 Å². The van der Waals surface area contributed by atoms with Crippen LogP contribution in [0.4, 0.5) is 5.69 Å². The molecule has 0 heterocycles. The zero-order valence-corrected chi connectivity index (χ0v) is 12.4. The quantitative estimate of drug-likeness (QED) is 0.368. The SMILES string of the molecule is Cc1c(Br)c(N)c(Br)c(Br)c1Br. The van der Waals surface area contributed by atoms with E-state index in [2.05, 4.69) is 63.7 Å². The van der Waals surface area contributed by atoms with Crippen molar-refractivity contribution in [3.63, 3.8) is 0 Å². The molecule has 12 heavy (non-hydrogen) atoms. The first-order chi connectivity index (χ1) is 5.46. The number of anilines is 1. The summed E-state index contributed by atoms with van der Waals surface area (Å²) in [6.45, 7) is 1.99. The lowest BCUT2D eigenvalue weighted by Gasteiger charge is -2.10. The average Bonchev–Trinajstić information content (AvgIpc) is 2.08. The van der Waals surface area contributed by atoms with Gasteiger partial charge in [-0.25, -0.2) is 0 Å². The van der Waals surface area contributed by atoms with E-state index in [4.69, 9.17) is 5.73 Å². The highest BCUT2D eigenvalue weighted by atomic mass is 79.9. The molecule has 0 aromatic heterocycles. The molecular weight excluding hydrogens is 418 g/mol. The standard InChI is InChI=1S/C7H5Br4N/c1-2-3(8)5(10)6(11)7(12)4(2)9/h12H2,1H3. The highest BCUT2D eigenvalue weighted by Gasteiger charge is 2.13. The normalized spacial score (nSPS) is 10.4. The molecule has 0 atom stereocenters. The van der Waals surface area contributed by atoms with Crippen molar-refractivity contribution in [2.24, 2.45) is 0 Å². The Labute approximate surface area is 105 Å². The van der Waals surface area contributed by atoms with Gasteiger partial charge in [0.1, 0.15) is 0 Å². The van der Waals surface area contributed by atoms with Gasteiger partial charge in [-0.3, -0.25) is 0 Å². The highest BCUT2D eigenvalue weighted by molar-refractivity contribution is 9.14. The van der Waals surface area contributed by atoms with Crippen LogP contribution >= 0.6 is 63.7 Å². The van der Waals surface area contributed by atoms with E-state index in [0.717, 1.165) is 23.5 Å². The van der Waals surface area contributed by atoms with Gasteiger partial charge in [0, 0.05) is 13.4 Å². The Kier molecular flexibility index (Phi) is 3.66. The van der Waals surface area contributed by atoms with Gasteiger partial charge >= 0.3 is 0 Å². The summed E-state index contributed by atoms with van der Waals surface area (Å²) in [6, 6.07) is 0. The Balaban J connectivity index is 3.60. The fourth-order valence-electron chi connectivity index (χ4n) is 0.774. The van der Waals surface area contributed by atoms with Crippen LogP contribution in [-0.2, 0) is 0 Å². The third-order valence-corrected chi connectivity index (χ3v) is 6.21. The third kappa shape index (κ3) is 1.74. The summed E-state index contributed by atoms with van der Waals surface area (Å²) >= 11 is 13.7. The summed E-state index contributed by atoms with van der Waals surface area (Å²) in [4.78, 5) is 0. The fourth-order valence-corrected chi connectivity index (χ4v) is 3.27. The van der Waals surface area contributed by atoms with Gasteiger partial charge in [0.05, 0.1) is 10.2 Å². The molecular formula is C7H5Br4N. The molecule has 2 N–H and O–H groups in total. The molecule has 0 unspecified atom stereocenters. The molecule has 0 saturated heterocycles. The lowest BCUT2D eigenvalue weighted by Crippen LogP contribution is -1.93. The maximum Gasteiger partial charge on any atom is 0.0618 e. The number of hydrogen-bond acceptors (Lipinski definition) is 1.